The second kappa shape index (κ2) is 6.46. The predicted octanol–water partition coefficient (Wildman–Crippen LogP) is 4.64. The Morgan fingerprint density at radius 3 is 2.68 bits per heavy atom. The molecule has 0 unspecified atom stereocenters. The Kier molecular flexibility index (Phi) is 4.25. The third-order valence-corrected chi connectivity index (χ3v) is 7.53. The zero-order valence-electron chi connectivity index (χ0n) is 15.6. The van der Waals surface area contributed by atoms with E-state index < -0.39 is 0 Å². The normalized spacial score (nSPS) is 33.1. The number of benzene rings is 1. The molecular formula is C20H22BrClN4O2. The summed E-state index contributed by atoms with van der Waals surface area (Å²) in [5, 5.41) is 8.19. The fourth-order valence-corrected chi connectivity index (χ4v) is 6.75. The van der Waals surface area contributed by atoms with Gasteiger partial charge in [-0.3, -0.25) is 4.79 Å². The highest BCUT2D eigenvalue weighted by molar-refractivity contribution is 9.10. The molecule has 2 aromatic rings. The van der Waals surface area contributed by atoms with E-state index in [9.17, 15) is 4.79 Å². The van der Waals surface area contributed by atoms with E-state index in [1.54, 1.807) is 19.2 Å². The number of anilines is 1. The van der Waals surface area contributed by atoms with Gasteiger partial charge in [-0.15, -0.1) is 5.10 Å². The minimum absolute atomic E-state index is 0.0992. The van der Waals surface area contributed by atoms with E-state index in [2.05, 4.69) is 31.3 Å². The molecule has 1 aromatic carbocycles. The molecule has 28 heavy (non-hydrogen) atoms. The van der Waals surface area contributed by atoms with Crippen LogP contribution in [0.2, 0.25) is 5.02 Å². The quantitative estimate of drug-likeness (QED) is 0.714. The Labute approximate surface area is 177 Å². The van der Waals surface area contributed by atoms with Gasteiger partial charge in [0.1, 0.15) is 12.1 Å². The van der Waals surface area contributed by atoms with Crippen molar-refractivity contribution in [2.45, 2.75) is 44.1 Å². The average molecular weight is 466 g/mol. The fraction of sp³-hybridized carbons (Fsp3) is 0.550. The third-order valence-electron chi connectivity index (χ3n) is 6.87. The molecule has 0 radical (unpaired) electrons. The minimum Gasteiger partial charge on any atom is -0.495 e. The van der Waals surface area contributed by atoms with Crippen molar-refractivity contribution in [2.75, 3.05) is 12.4 Å². The summed E-state index contributed by atoms with van der Waals surface area (Å²) in [7, 11) is 1.58. The maximum absolute atomic E-state index is 13.5. The SMILES string of the molecule is COc1ccc(NC(=O)C23C[C@@H]4C[C@@H](C2)CC(n2cnc(Br)n2)(C4)C3)cc1Cl. The third kappa shape index (κ3) is 2.86. The van der Waals surface area contributed by atoms with Crippen LogP contribution in [0.3, 0.4) is 0 Å². The summed E-state index contributed by atoms with van der Waals surface area (Å²) in [4.78, 5) is 17.7. The summed E-state index contributed by atoms with van der Waals surface area (Å²) in [6.45, 7) is 0. The number of carbonyl (C=O) groups is 1. The number of hydrogen-bond donors (Lipinski definition) is 1. The van der Waals surface area contributed by atoms with Gasteiger partial charge in [0, 0.05) is 5.69 Å². The largest absolute Gasteiger partial charge is 0.495 e. The molecule has 1 aromatic heterocycles. The predicted molar refractivity (Wildman–Crippen MR) is 109 cm³/mol. The molecular weight excluding hydrogens is 444 g/mol. The molecule has 4 bridgehead atoms. The molecule has 4 aliphatic carbocycles. The van der Waals surface area contributed by atoms with Gasteiger partial charge in [0.05, 0.1) is 23.1 Å². The molecule has 4 saturated carbocycles. The van der Waals surface area contributed by atoms with Crippen LogP contribution in [0.5, 0.6) is 5.75 Å². The van der Waals surface area contributed by atoms with Gasteiger partial charge in [-0.05, 0) is 84.5 Å². The number of ether oxygens (including phenoxy) is 1. The van der Waals surface area contributed by atoms with Crippen LogP contribution in [0.4, 0.5) is 5.69 Å². The van der Waals surface area contributed by atoms with Gasteiger partial charge in [-0.2, -0.15) is 0 Å². The van der Waals surface area contributed by atoms with Gasteiger partial charge in [0.25, 0.3) is 0 Å². The summed E-state index contributed by atoms with van der Waals surface area (Å²) in [5.74, 6) is 1.83. The number of halogens is 2. The number of rotatable bonds is 4. The monoisotopic (exact) mass is 464 g/mol. The molecule has 1 amide bonds. The number of nitrogens with zero attached hydrogens (tertiary/aromatic N) is 3. The second-order valence-electron chi connectivity index (χ2n) is 8.73. The molecule has 6 nitrogen and oxygen atoms in total. The lowest BCUT2D eigenvalue weighted by atomic mass is 9.46. The molecule has 1 N–H and O–H groups in total. The highest BCUT2D eigenvalue weighted by Gasteiger charge is 2.61. The van der Waals surface area contributed by atoms with Crippen molar-refractivity contribution < 1.29 is 9.53 Å². The Bertz CT molecular complexity index is 932. The van der Waals surface area contributed by atoms with Crippen LogP contribution in [-0.4, -0.2) is 27.8 Å². The molecule has 1 heterocycles. The Morgan fingerprint density at radius 1 is 1.32 bits per heavy atom. The summed E-state index contributed by atoms with van der Waals surface area (Å²) in [6, 6.07) is 5.38. The fourth-order valence-electron chi connectivity index (χ4n) is 6.23. The maximum atomic E-state index is 13.5. The molecule has 0 spiro atoms. The summed E-state index contributed by atoms with van der Waals surface area (Å²) in [6.07, 6.45) is 7.94. The first kappa shape index (κ1) is 18.4. The standard InChI is InChI=1S/C20H22BrClN4O2/c1-28-16-3-2-14(5-15(16)22)24-17(27)19-6-12-4-13(7-19)9-20(8-12,10-19)26-11-23-18(21)25-26/h2-3,5,11-13H,4,6-10H2,1H3,(H,24,27)/t12-,13-,19?,20?/m0/s1. The molecule has 148 valence electrons. The summed E-state index contributed by atoms with van der Waals surface area (Å²) < 4.78 is 7.83. The van der Waals surface area contributed by atoms with Crippen molar-refractivity contribution in [1.29, 1.82) is 0 Å². The summed E-state index contributed by atoms with van der Waals surface area (Å²) in [5.41, 5.74) is 0.261. The molecule has 8 heteroatoms. The van der Waals surface area contributed by atoms with Crippen LogP contribution < -0.4 is 10.1 Å². The van der Waals surface area contributed by atoms with E-state index in [-0.39, 0.29) is 16.9 Å². The maximum Gasteiger partial charge on any atom is 0.230 e. The lowest BCUT2D eigenvalue weighted by Gasteiger charge is -2.60. The van der Waals surface area contributed by atoms with Gasteiger partial charge < -0.3 is 10.1 Å². The zero-order chi connectivity index (χ0) is 19.5. The van der Waals surface area contributed by atoms with E-state index in [1.807, 2.05) is 17.1 Å². The summed E-state index contributed by atoms with van der Waals surface area (Å²) >= 11 is 9.61. The van der Waals surface area contributed by atoms with Crippen LogP contribution in [0.1, 0.15) is 38.5 Å². The Hall–Kier alpha value is -1.60. The number of carbonyl (C=O) groups excluding carboxylic acids is 1. The van der Waals surface area contributed by atoms with Crippen LogP contribution in [0.15, 0.2) is 29.3 Å². The number of aromatic nitrogens is 3. The topological polar surface area (TPSA) is 69.0 Å². The van der Waals surface area contributed by atoms with Crippen molar-refractivity contribution in [3.63, 3.8) is 0 Å². The highest BCUT2D eigenvalue weighted by atomic mass is 79.9. The van der Waals surface area contributed by atoms with E-state index >= 15 is 0 Å². The Balaban J connectivity index is 1.44. The molecule has 0 saturated heterocycles. The number of amides is 1. The molecule has 6 rings (SSSR count). The van der Waals surface area contributed by atoms with E-state index in [0.29, 0.717) is 33.0 Å². The van der Waals surface area contributed by atoms with Gasteiger partial charge in [-0.25, -0.2) is 9.67 Å². The van der Waals surface area contributed by atoms with Crippen LogP contribution >= 0.6 is 27.5 Å². The van der Waals surface area contributed by atoms with Gasteiger partial charge in [0.15, 0.2) is 0 Å². The van der Waals surface area contributed by atoms with E-state index in [4.69, 9.17) is 16.3 Å². The second-order valence-corrected chi connectivity index (χ2v) is 9.84. The minimum atomic E-state index is -0.352. The van der Waals surface area contributed by atoms with Crippen molar-refractivity contribution in [1.82, 2.24) is 14.8 Å². The van der Waals surface area contributed by atoms with E-state index in [1.165, 1.54) is 6.42 Å². The molecule has 0 aliphatic heterocycles. The van der Waals surface area contributed by atoms with Gasteiger partial charge in [-0.1, -0.05) is 11.6 Å². The van der Waals surface area contributed by atoms with Crippen LogP contribution in [0, 0.1) is 17.3 Å². The van der Waals surface area contributed by atoms with Crippen LogP contribution in [0.25, 0.3) is 0 Å². The smallest absolute Gasteiger partial charge is 0.230 e. The first-order chi connectivity index (χ1) is 13.4. The first-order valence-electron chi connectivity index (χ1n) is 9.64. The number of hydrogen-bond acceptors (Lipinski definition) is 4. The first-order valence-corrected chi connectivity index (χ1v) is 10.8. The van der Waals surface area contributed by atoms with E-state index in [0.717, 1.165) is 32.1 Å². The lowest BCUT2D eigenvalue weighted by Crippen LogP contribution is -2.60. The molecule has 2 atom stereocenters. The Morgan fingerprint density at radius 2 is 2.07 bits per heavy atom. The average Bonchev–Trinajstić information content (AvgIpc) is 3.08. The number of methoxy groups -OCH3 is 1. The highest BCUT2D eigenvalue weighted by Crippen LogP contribution is 2.64. The lowest BCUT2D eigenvalue weighted by molar-refractivity contribution is -0.150. The van der Waals surface area contributed by atoms with Crippen molar-refractivity contribution in [3.8, 4) is 5.75 Å². The van der Waals surface area contributed by atoms with Crippen molar-refractivity contribution >= 4 is 39.1 Å². The van der Waals surface area contributed by atoms with Gasteiger partial charge in [0.2, 0.25) is 10.6 Å². The zero-order valence-corrected chi connectivity index (χ0v) is 18.0. The number of nitrogens with one attached hydrogen (secondary N) is 1. The van der Waals surface area contributed by atoms with Crippen LogP contribution in [-0.2, 0) is 10.3 Å². The van der Waals surface area contributed by atoms with Crippen molar-refractivity contribution in [3.05, 3.63) is 34.3 Å². The molecule has 4 fully saturated rings. The van der Waals surface area contributed by atoms with Crippen molar-refractivity contribution in [2.24, 2.45) is 17.3 Å². The van der Waals surface area contributed by atoms with Gasteiger partial charge >= 0.3 is 0 Å². The molecule has 4 aliphatic rings.